The maximum absolute atomic E-state index is 13.6. The minimum Gasteiger partial charge on any atom is -0.497 e. The first-order valence-corrected chi connectivity index (χ1v) is 16.7. The zero-order chi connectivity index (χ0) is 30.2. The molecule has 0 radical (unpaired) electrons. The molecule has 11 heteroatoms. The van der Waals surface area contributed by atoms with Gasteiger partial charge in [-0.25, -0.2) is 16.8 Å². The normalized spacial score (nSPS) is 13.6. The van der Waals surface area contributed by atoms with Crippen molar-refractivity contribution in [2.45, 2.75) is 43.1 Å². The number of amides is 1. The van der Waals surface area contributed by atoms with Crippen molar-refractivity contribution < 1.29 is 31.5 Å². The van der Waals surface area contributed by atoms with Gasteiger partial charge in [-0.2, -0.15) is 4.31 Å². The van der Waals surface area contributed by atoms with Gasteiger partial charge in [0.15, 0.2) is 9.84 Å². The summed E-state index contributed by atoms with van der Waals surface area (Å²) in [5.74, 6) is -0.111. The Kier molecular flexibility index (Phi) is 11.1. The van der Waals surface area contributed by atoms with Gasteiger partial charge in [0.25, 0.3) is 5.91 Å². The van der Waals surface area contributed by atoms with Crippen LogP contribution in [0.2, 0.25) is 0 Å². The molecule has 1 amide bonds. The summed E-state index contributed by atoms with van der Waals surface area (Å²) in [5, 5.41) is 14.3. The zero-order valence-corrected chi connectivity index (χ0v) is 25.4. The number of ether oxygens (including phenoxy) is 1. The van der Waals surface area contributed by atoms with E-state index in [4.69, 9.17) is 4.74 Å². The minimum atomic E-state index is -3.97. The number of sulfone groups is 1. The fourth-order valence-electron chi connectivity index (χ4n) is 4.37. The van der Waals surface area contributed by atoms with Crippen LogP contribution < -0.4 is 10.1 Å². The van der Waals surface area contributed by atoms with Crippen LogP contribution in [0.4, 0.5) is 0 Å². The lowest BCUT2D eigenvalue weighted by molar-refractivity contribution is 0.0776. The molecule has 0 aliphatic rings. The Balaban J connectivity index is 1.86. The van der Waals surface area contributed by atoms with Crippen LogP contribution >= 0.6 is 0 Å². The summed E-state index contributed by atoms with van der Waals surface area (Å²) >= 11 is 0. The van der Waals surface area contributed by atoms with Crippen molar-refractivity contribution in [2.75, 3.05) is 26.5 Å². The molecule has 0 heterocycles. The molecule has 0 aliphatic heterocycles. The largest absolute Gasteiger partial charge is 0.497 e. The van der Waals surface area contributed by atoms with Gasteiger partial charge in [-0.3, -0.25) is 4.79 Å². The van der Waals surface area contributed by atoms with Crippen molar-refractivity contribution >= 4 is 25.8 Å². The highest BCUT2D eigenvalue weighted by Gasteiger charge is 2.31. The van der Waals surface area contributed by atoms with Gasteiger partial charge in [0.1, 0.15) is 5.75 Å². The topological polar surface area (TPSA) is 130 Å². The van der Waals surface area contributed by atoms with E-state index in [1.165, 1.54) is 35.7 Å². The number of rotatable bonds is 14. The van der Waals surface area contributed by atoms with Gasteiger partial charge in [0, 0.05) is 24.9 Å². The van der Waals surface area contributed by atoms with E-state index in [1.807, 2.05) is 44.2 Å². The first-order valence-electron chi connectivity index (χ1n) is 13.2. The van der Waals surface area contributed by atoms with Crippen LogP contribution in [-0.2, 0) is 32.0 Å². The molecule has 3 aromatic rings. The number of aliphatic hydroxyl groups excluding tert-OH is 1. The number of aliphatic hydroxyl groups is 1. The Bertz CT molecular complexity index is 1490. The number of methoxy groups -OCH3 is 1. The van der Waals surface area contributed by atoms with E-state index in [0.717, 1.165) is 11.8 Å². The summed E-state index contributed by atoms with van der Waals surface area (Å²) in [6.07, 6.45) is 0.161. The van der Waals surface area contributed by atoms with Crippen LogP contribution in [0.15, 0.2) is 83.8 Å². The molecule has 0 aromatic heterocycles. The lowest BCUT2D eigenvalue weighted by atomic mass is 10.00. The van der Waals surface area contributed by atoms with Gasteiger partial charge >= 0.3 is 0 Å². The molecule has 0 bridgehead atoms. The molecular formula is C30H38N2O7S2. The second-order valence-corrected chi connectivity index (χ2v) is 14.6. The van der Waals surface area contributed by atoms with Crippen LogP contribution in [0.1, 0.15) is 35.3 Å². The molecular weight excluding hydrogens is 564 g/mol. The highest BCUT2D eigenvalue weighted by molar-refractivity contribution is 7.90. The van der Waals surface area contributed by atoms with E-state index in [0.29, 0.717) is 11.3 Å². The highest BCUT2D eigenvalue weighted by Crippen LogP contribution is 2.22. The van der Waals surface area contributed by atoms with Crippen molar-refractivity contribution in [3.05, 3.63) is 95.6 Å². The van der Waals surface area contributed by atoms with Gasteiger partial charge in [0.05, 0.1) is 29.9 Å². The fourth-order valence-corrected chi connectivity index (χ4v) is 6.79. The van der Waals surface area contributed by atoms with E-state index in [-0.39, 0.29) is 41.6 Å². The summed E-state index contributed by atoms with van der Waals surface area (Å²) in [4.78, 5) is 13.3. The molecule has 0 unspecified atom stereocenters. The number of nitrogens with zero attached hydrogens (tertiary/aromatic N) is 1. The lowest BCUT2D eigenvalue weighted by Crippen LogP contribution is -2.51. The molecule has 0 saturated carbocycles. The number of hydrogen-bond acceptors (Lipinski definition) is 7. The zero-order valence-electron chi connectivity index (χ0n) is 23.7. The van der Waals surface area contributed by atoms with Gasteiger partial charge in [-0.1, -0.05) is 56.3 Å². The Hall–Kier alpha value is -3.25. The summed E-state index contributed by atoms with van der Waals surface area (Å²) in [6.45, 7) is 3.70. The third kappa shape index (κ3) is 9.67. The average Bonchev–Trinajstić information content (AvgIpc) is 2.92. The Morgan fingerprint density at radius 2 is 1.49 bits per heavy atom. The smallest absolute Gasteiger partial charge is 0.251 e. The van der Waals surface area contributed by atoms with Gasteiger partial charge in [-0.05, 0) is 59.9 Å². The fraction of sp³-hybridized carbons (Fsp3) is 0.367. The molecule has 0 spiro atoms. The average molecular weight is 603 g/mol. The molecule has 2 N–H and O–H groups in total. The van der Waals surface area contributed by atoms with E-state index in [1.54, 1.807) is 24.3 Å². The van der Waals surface area contributed by atoms with Crippen molar-refractivity contribution in [1.29, 1.82) is 0 Å². The van der Waals surface area contributed by atoms with E-state index >= 15 is 0 Å². The first kappa shape index (κ1) is 32.3. The lowest BCUT2D eigenvalue weighted by Gasteiger charge is -2.31. The number of nitrogens with one attached hydrogen (secondary N) is 1. The van der Waals surface area contributed by atoms with Crippen LogP contribution in [0.3, 0.4) is 0 Å². The minimum absolute atomic E-state index is 0.0252. The quantitative estimate of drug-likeness (QED) is 0.290. The molecule has 0 fully saturated rings. The maximum Gasteiger partial charge on any atom is 0.251 e. The maximum atomic E-state index is 13.6. The number of sulfonamides is 1. The van der Waals surface area contributed by atoms with Crippen molar-refractivity contribution in [1.82, 2.24) is 9.62 Å². The first-order chi connectivity index (χ1) is 19.3. The number of benzene rings is 3. The van der Waals surface area contributed by atoms with E-state index in [2.05, 4.69) is 5.32 Å². The molecule has 2 atom stereocenters. The van der Waals surface area contributed by atoms with Crippen LogP contribution in [-0.4, -0.2) is 70.8 Å². The number of carbonyl (C=O) groups is 1. The van der Waals surface area contributed by atoms with Crippen molar-refractivity contribution in [3.63, 3.8) is 0 Å². The molecule has 222 valence electrons. The predicted octanol–water partition coefficient (Wildman–Crippen LogP) is 3.29. The Labute approximate surface area is 243 Å². The van der Waals surface area contributed by atoms with Crippen LogP contribution in [0, 0.1) is 5.92 Å². The van der Waals surface area contributed by atoms with E-state index in [9.17, 15) is 26.7 Å². The summed E-state index contributed by atoms with van der Waals surface area (Å²) < 4.78 is 56.8. The molecule has 0 saturated heterocycles. The van der Waals surface area contributed by atoms with Gasteiger partial charge in [0.2, 0.25) is 10.0 Å². The van der Waals surface area contributed by atoms with Gasteiger partial charge in [-0.15, -0.1) is 0 Å². The molecule has 9 nitrogen and oxygen atoms in total. The molecule has 41 heavy (non-hydrogen) atoms. The summed E-state index contributed by atoms with van der Waals surface area (Å²) in [6, 6.07) is 20.7. The summed E-state index contributed by atoms with van der Waals surface area (Å²) in [7, 11) is -5.70. The molecule has 0 aliphatic carbocycles. The number of carbonyl (C=O) groups excluding carboxylic acids is 1. The third-order valence-electron chi connectivity index (χ3n) is 6.38. The summed E-state index contributed by atoms with van der Waals surface area (Å²) in [5.41, 5.74) is 1.70. The SMILES string of the molecule is COc1ccc(S(=O)(=O)N(CC(C)C)C[C@@H](O)[C@H](Cc2ccccc2)NC(=O)c2ccc(CS(C)(=O)=O)cc2)cc1. The monoisotopic (exact) mass is 602 g/mol. The number of hydrogen-bond donors (Lipinski definition) is 2. The van der Waals surface area contributed by atoms with Crippen LogP contribution in [0.5, 0.6) is 5.75 Å². The standard InChI is InChI=1S/C30H38N2O7S2/c1-22(2)19-32(41(37,38)27-16-14-26(39-3)15-17-27)20-29(33)28(18-23-8-6-5-7-9-23)31-30(34)25-12-10-24(11-13-25)21-40(4,35)36/h5-17,22,28-29,33H,18-21H2,1-4H3,(H,31,34)/t28-,29+/m0/s1. The van der Waals surface area contributed by atoms with Gasteiger partial charge < -0.3 is 15.2 Å². The van der Waals surface area contributed by atoms with E-state index < -0.39 is 37.9 Å². The highest BCUT2D eigenvalue weighted by atomic mass is 32.2. The molecule has 3 aromatic carbocycles. The third-order valence-corrected chi connectivity index (χ3v) is 9.08. The second-order valence-electron chi connectivity index (χ2n) is 10.5. The van der Waals surface area contributed by atoms with Crippen LogP contribution in [0.25, 0.3) is 0 Å². The second kappa shape index (κ2) is 14.1. The van der Waals surface area contributed by atoms with Crippen molar-refractivity contribution in [3.8, 4) is 5.75 Å². The predicted molar refractivity (Wildman–Crippen MR) is 159 cm³/mol. The molecule has 3 rings (SSSR count). The van der Waals surface area contributed by atoms with Crippen molar-refractivity contribution in [2.24, 2.45) is 5.92 Å². The Morgan fingerprint density at radius 1 is 0.878 bits per heavy atom. The Morgan fingerprint density at radius 3 is 2.02 bits per heavy atom.